The number of amides is 1. The van der Waals surface area contributed by atoms with Crippen LogP contribution in [0.25, 0.3) is 6.08 Å². The number of hydrogen-bond donors (Lipinski definition) is 0. The Hall–Kier alpha value is -2.60. The van der Waals surface area contributed by atoms with Crippen LogP contribution in [0, 0.1) is 0 Å². The molecule has 1 aromatic heterocycles. The number of alkyl halides is 1. The maximum absolute atomic E-state index is 12.6. The third-order valence-corrected chi connectivity index (χ3v) is 5.09. The molecule has 1 unspecified atom stereocenters. The number of carbonyl (C=O) groups excluding carboxylic acids is 1. The second-order valence-electron chi connectivity index (χ2n) is 7.07. The molecule has 5 nitrogen and oxygen atoms in total. The number of aromatic nitrogens is 1. The zero-order chi connectivity index (χ0) is 23.3. The number of likely N-dealkylation sites (tertiary alicyclic amines) is 1. The van der Waals surface area contributed by atoms with Crippen molar-refractivity contribution in [3.05, 3.63) is 77.3 Å². The minimum atomic E-state index is -0.0651. The van der Waals surface area contributed by atoms with E-state index in [9.17, 15) is 4.79 Å². The number of benzene rings is 1. The van der Waals surface area contributed by atoms with Crippen molar-refractivity contribution in [2.75, 3.05) is 19.7 Å². The van der Waals surface area contributed by atoms with E-state index in [2.05, 4.69) is 33.1 Å². The molecule has 2 heterocycles. The van der Waals surface area contributed by atoms with E-state index in [0.717, 1.165) is 43.0 Å². The predicted molar refractivity (Wildman–Crippen MR) is 134 cm³/mol. The number of halogens is 1. The molecule has 1 atom stereocenters. The smallest absolute Gasteiger partial charge is 0.253 e. The Kier molecular flexibility index (Phi) is 11.0. The quantitative estimate of drug-likeness (QED) is 0.323. The van der Waals surface area contributed by atoms with Crippen molar-refractivity contribution in [2.45, 2.75) is 45.5 Å². The van der Waals surface area contributed by atoms with E-state index in [1.54, 1.807) is 24.5 Å². The van der Waals surface area contributed by atoms with Crippen LogP contribution in [-0.4, -0.2) is 40.5 Å². The first-order valence-corrected chi connectivity index (χ1v) is 12.0. The molecular weight excluding hydrogens is 468 g/mol. The van der Waals surface area contributed by atoms with E-state index >= 15 is 0 Å². The average Bonchev–Trinajstić information content (AvgIpc) is 2.84. The second kappa shape index (κ2) is 13.7. The molecule has 0 radical (unpaired) electrons. The number of ether oxygens (including phenoxy) is 2. The van der Waals surface area contributed by atoms with Gasteiger partial charge in [-0.1, -0.05) is 43.7 Å². The van der Waals surface area contributed by atoms with Gasteiger partial charge in [-0.3, -0.25) is 9.78 Å². The topological polar surface area (TPSA) is 51.7 Å². The summed E-state index contributed by atoms with van der Waals surface area (Å²) >= 11 is 3.39. The lowest BCUT2D eigenvalue weighted by molar-refractivity contribution is 0.0744. The summed E-state index contributed by atoms with van der Waals surface area (Å²) in [6.07, 6.45) is 9.12. The van der Waals surface area contributed by atoms with E-state index < -0.39 is 0 Å². The molecule has 32 heavy (non-hydrogen) atoms. The highest BCUT2D eigenvalue weighted by atomic mass is 79.9. The molecule has 1 saturated heterocycles. The van der Waals surface area contributed by atoms with Gasteiger partial charge in [0.25, 0.3) is 5.91 Å². The number of rotatable bonds is 7. The Labute approximate surface area is 200 Å². The summed E-state index contributed by atoms with van der Waals surface area (Å²) in [5.41, 5.74) is 3.06. The van der Waals surface area contributed by atoms with Gasteiger partial charge in [-0.05, 0) is 66.9 Å². The van der Waals surface area contributed by atoms with Gasteiger partial charge in [-0.15, -0.1) is 0 Å². The molecule has 1 fully saturated rings. The maximum Gasteiger partial charge on any atom is 0.253 e. The normalized spacial score (nSPS) is 14.7. The van der Waals surface area contributed by atoms with Gasteiger partial charge < -0.3 is 14.4 Å². The summed E-state index contributed by atoms with van der Waals surface area (Å²) < 4.78 is 11.7. The van der Waals surface area contributed by atoms with E-state index in [4.69, 9.17) is 9.47 Å². The van der Waals surface area contributed by atoms with Crippen LogP contribution < -0.4 is 4.74 Å². The first-order valence-electron chi connectivity index (χ1n) is 11.1. The molecule has 6 heteroatoms. The highest BCUT2D eigenvalue weighted by molar-refractivity contribution is 9.09. The van der Waals surface area contributed by atoms with E-state index in [1.807, 2.05) is 56.9 Å². The van der Waals surface area contributed by atoms with Crippen molar-refractivity contribution in [3.8, 4) is 5.75 Å². The Morgan fingerprint density at radius 1 is 1.16 bits per heavy atom. The Morgan fingerprint density at radius 3 is 2.44 bits per heavy atom. The highest BCUT2D eigenvalue weighted by Gasteiger charge is 2.20. The maximum atomic E-state index is 12.6. The average molecular weight is 501 g/mol. The lowest BCUT2D eigenvalue weighted by atomic mass is 10.00. The Morgan fingerprint density at radius 2 is 1.81 bits per heavy atom. The lowest BCUT2D eigenvalue weighted by Gasteiger charge is -2.28. The third-order valence-electron chi connectivity index (χ3n) is 4.90. The van der Waals surface area contributed by atoms with Crippen LogP contribution in [-0.2, 0) is 4.74 Å². The van der Waals surface area contributed by atoms with Gasteiger partial charge in [0.2, 0.25) is 0 Å². The summed E-state index contributed by atoms with van der Waals surface area (Å²) in [4.78, 5) is 18.5. The SMILES string of the molecule is C/C=C(/COc1ccccc1C=C1CCN(C(=O)c2ccncc2)CC1)OC(C)Br.CC. The van der Waals surface area contributed by atoms with E-state index in [-0.39, 0.29) is 10.9 Å². The van der Waals surface area contributed by atoms with Crippen LogP contribution >= 0.6 is 15.9 Å². The number of piperidine rings is 1. The molecule has 1 aliphatic heterocycles. The van der Waals surface area contributed by atoms with Crippen LogP contribution in [0.5, 0.6) is 5.75 Å². The number of para-hydroxylation sites is 1. The molecule has 0 saturated carbocycles. The predicted octanol–water partition coefficient (Wildman–Crippen LogP) is 6.47. The fourth-order valence-electron chi connectivity index (χ4n) is 3.31. The minimum Gasteiger partial charge on any atom is -0.485 e. The second-order valence-corrected chi connectivity index (χ2v) is 8.36. The minimum absolute atomic E-state index is 0.0651. The largest absolute Gasteiger partial charge is 0.485 e. The summed E-state index contributed by atoms with van der Waals surface area (Å²) in [6.45, 7) is 9.67. The van der Waals surface area contributed by atoms with Crippen molar-refractivity contribution >= 4 is 27.9 Å². The summed E-state index contributed by atoms with van der Waals surface area (Å²) in [5.74, 6) is 1.68. The number of carbonyl (C=O) groups is 1. The monoisotopic (exact) mass is 500 g/mol. The third kappa shape index (κ3) is 7.83. The summed E-state index contributed by atoms with van der Waals surface area (Å²) in [5, 5.41) is -0.0651. The zero-order valence-electron chi connectivity index (χ0n) is 19.4. The molecule has 1 amide bonds. The molecule has 0 spiro atoms. The van der Waals surface area contributed by atoms with Crippen LogP contribution in [0.2, 0.25) is 0 Å². The highest BCUT2D eigenvalue weighted by Crippen LogP contribution is 2.26. The van der Waals surface area contributed by atoms with Crippen molar-refractivity contribution in [1.29, 1.82) is 0 Å². The van der Waals surface area contributed by atoms with Crippen molar-refractivity contribution in [3.63, 3.8) is 0 Å². The Balaban J connectivity index is 0.00000176. The molecular formula is C26H33BrN2O3. The van der Waals surface area contributed by atoms with Gasteiger partial charge in [0.1, 0.15) is 23.1 Å². The number of allylic oxidation sites excluding steroid dienone is 1. The standard InChI is InChI=1S/C24H27BrN2O3.C2H6/c1-3-22(30-18(2)25)17-29-23-7-5-4-6-21(23)16-19-10-14-27(15-11-19)24(28)20-8-12-26-13-9-20;1-2/h3-9,12-13,16,18H,10-11,14-15,17H2,1-2H3;1-2H3/b22-3-;. The first-order chi connectivity index (χ1) is 15.6. The lowest BCUT2D eigenvalue weighted by Crippen LogP contribution is -2.36. The molecule has 2 aromatic rings. The summed E-state index contributed by atoms with van der Waals surface area (Å²) in [7, 11) is 0. The Bertz CT molecular complexity index is 900. The van der Waals surface area contributed by atoms with Crippen molar-refractivity contribution < 1.29 is 14.3 Å². The van der Waals surface area contributed by atoms with Gasteiger partial charge in [0.15, 0.2) is 0 Å². The van der Waals surface area contributed by atoms with Crippen molar-refractivity contribution in [1.82, 2.24) is 9.88 Å². The zero-order valence-corrected chi connectivity index (χ0v) is 21.0. The molecule has 0 N–H and O–H groups in total. The van der Waals surface area contributed by atoms with E-state index in [1.165, 1.54) is 5.57 Å². The van der Waals surface area contributed by atoms with Gasteiger partial charge in [-0.2, -0.15) is 0 Å². The van der Waals surface area contributed by atoms with Gasteiger partial charge in [0, 0.05) is 36.6 Å². The van der Waals surface area contributed by atoms with Crippen molar-refractivity contribution in [2.24, 2.45) is 0 Å². The van der Waals surface area contributed by atoms with Gasteiger partial charge in [0.05, 0.1) is 0 Å². The fraction of sp³-hybridized carbons (Fsp3) is 0.385. The van der Waals surface area contributed by atoms with Crippen LogP contribution in [0.3, 0.4) is 0 Å². The van der Waals surface area contributed by atoms with Gasteiger partial charge in [-0.25, -0.2) is 0 Å². The molecule has 0 bridgehead atoms. The van der Waals surface area contributed by atoms with Crippen LogP contribution in [0.15, 0.2) is 66.2 Å². The van der Waals surface area contributed by atoms with Crippen LogP contribution in [0.1, 0.15) is 56.5 Å². The molecule has 1 aliphatic rings. The van der Waals surface area contributed by atoms with Gasteiger partial charge >= 0.3 is 0 Å². The number of nitrogens with zero attached hydrogens (tertiary/aromatic N) is 2. The number of hydrogen-bond acceptors (Lipinski definition) is 4. The molecule has 172 valence electrons. The molecule has 1 aromatic carbocycles. The molecule has 0 aliphatic carbocycles. The summed E-state index contributed by atoms with van der Waals surface area (Å²) in [6, 6.07) is 11.5. The number of pyridine rings is 1. The van der Waals surface area contributed by atoms with E-state index in [0.29, 0.717) is 12.2 Å². The fourth-order valence-corrected chi connectivity index (χ4v) is 3.55. The van der Waals surface area contributed by atoms with Crippen LogP contribution in [0.4, 0.5) is 0 Å². The first kappa shape index (κ1) is 25.7. The molecule has 3 rings (SSSR count).